The summed E-state index contributed by atoms with van der Waals surface area (Å²) in [6.07, 6.45) is 2.61. The maximum atomic E-state index is 9.94. The van der Waals surface area contributed by atoms with Crippen molar-refractivity contribution >= 4 is 23.7 Å². The number of hydrogen-bond acceptors (Lipinski definition) is 4. The van der Waals surface area contributed by atoms with E-state index >= 15 is 0 Å². The highest BCUT2D eigenvalue weighted by Crippen LogP contribution is 2.27. The number of hydrogen-bond donors (Lipinski definition) is 0. The monoisotopic (exact) mass is 181 g/mol. The maximum Gasteiger partial charge on any atom is 0.242 e. The number of aliphatic imine (C=N–C) groups is 1. The minimum Gasteiger partial charge on any atom is -0.257 e. The molecule has 0 fully saturated rings. The van der Waals surface area contributed by atoms with Crippen LogP contribution in [0.4, 0.5) is 5.82 Å². The lowest BCUT2D eigenvalue weighted by molar-refractivity contribution is 0.548. The van der Waals surface area contributed by atoms with Crippen molar-refractivity contribution < 1.29 is 4.79 Å². The summed E-state index contributed by atoms with van der Waals surface area (Å²) in [7, 11) is 0. The van der Waals surface area contributed by atoms with Crippen molar-refractivity contribution in [1.29, 1.82) is 0 Å². The highest BCUT2D eigenvalue weighted by atomic mass is 32.2. The summed E-state index contributed by atoms with van der Waals surface area (Å²) in [5, 5.41) is 5.20. The molecule has 2 heterocycles. The molecule has 0 spiro atoms. The molecule has 1 aromatic heterocycles. The largest absolute Gasteiger partial charge is 0.257 e. The molecule has 0 N–H and O–H groups in total. The summed E-state index contributed by atoms with van der Waals surface area (Å²) < 4.78 is 1.88. The number of carbonyl (C=O) groups excluding carboxylic acids is 1. The molecule has 0 saturated heterocycles. The normalized spacial score (nSPS) is 15.0. The number of thioether (sulfide) groups is 1. The Kier molecular flexibility index (Phi) is 1.98. The second kappa shape index (κ2) is 3.13. The second-order valence-electron chi connectivity index (χ2n) is 2.47. The summed E-state index contributed by atoms with van der Waals surface area (Å²) in [5.74, 6) is 1.59. The molecule has 0 amide bonds. The van der Waals surface area contributed by atoms with Gasteiger partial charge in [0.15, 0.2) is 5.82 Å². The number of aromatic nitrogens is 2. The molecule has 0 unspecified atom stereocenters. The fourth-order valence-corrected chi connectivity index (χ4v) is 2.11. The smallest absolute Gasteiger partial charge is 0.242 e. The van der Waals surface area contributed by atoms with Crippen molar-refractivity contribution in [2.75, 3.05) is 5.75 Å². The maximum absolute atomic E-state index is 9.94. The number of nitrogens with zero attached hydrogens (tertiary/aromatic N) is 3. The van der Waals surface area contributed by atoms with Crippen LogP contribution in [0.5, 0.6) is 0 Å². The van der Waals surface area contributed by atoms with Gasteiger partial charge in [0.2, 0.25) is 6.08 Å². The Morgan fingerprint density at radius 1 is 1.75 bits per heavy atom. The van der Waals surface area contributed by atoms with Gasteiger partial charge in [0, 0.05) is 18.4 Å². The Bertz CT molecular complexity index is 317. The quantitative estimate of drug-likeness (QED) is 0.485. The molecule has 1 aromatic rings. The lowest BCUT2D eigenvalue weighted by Gasteiger charge is -2.10. The molecule has 1 aliphatic heterocycles. The Labute approximate surface area is 73.7 Å². The third kappa shape index (κ3) is 1.29. The van der Waals surface area contributed by atoms with Crippen molar-refractivity contribution in [2.24, 2.45) is 4.99 Å². The van der Waals surface area contributed by atoms with Crippen LogP contribution in [0, 0.1) is 0 Å². The number of rotatable bonds is 1. The van der Waals surface area contributed by atoms with Gasteiger partial charge in [-0.15, -0.1) is 16.8 Å². The molecule has 5 heteroatoms. The molecule has 62 valence electrons. The van der Waals surface area contributed by atoms with Crippen molar-refractivity contribution in [2.45, 2.75) is 18.0 Å². The SMILES string of the molecule is O=C=Nc1cc2n(n1)CCCS2. The Hall–Kier alpha value is -1.06. The Morgan fingerprint density at radius 2 is 2.67 bits per heavy atom. The lowest BCUT2D eigenvalue weighted by Crippen LogP contribution is -2.07. The molecule has 0 aliphatic carbocycles. The molecule has 4 nitrogen and oxygen atoms in total. The van der Waals surface area contributed by atoms with Crippen LogP contribution in [-0.2, 0) is 11.3 Å². The van der Waals surface area contributed by atoms with Gasteiger partial charge in [-0.3, -0.25) is 4.68 Å². The first-order chi connectivity index (χ1) is 5.90. The van der Waals surface area contributed by atoms with Gasteiger partial charge in [-0.1, -0.05) is 0 Å². The highest BCUT2D eigenvalue weighted by molar-refractivity contribution is 7.99. The van der Waals surface area contributed by atoms with Gasteiger partial charge in [-0.2, -0.15) is 5.10 Å². The second-order valence-corrected chi connectivity index (χ2v) is 3.58. The van der Waals surface area contributed by atoms with Crippen LogP contribution in [0.15, 0.2) is 16.1 Å². The van der Waals surface area contributed by atoms with E-state index in [1.165, 1.54) is 6.08 Å². The first kappa shape index (κ1) is 7.58. The summed E-state index contributed by atoms with van der Waals surface area (Å²) in [6, 6.07) is 1.81. The Morgan fingerprint density at radius 3 is 3.42 bits per heavy atom. The van der Waals surface area contributed by atoms with Gasteiger partial charge < -0.3 is 0 Å². The predicted molar refractivity (Wildman–Crippen MR) is 45.3 cm³/mol. The molecule has 12 heavy (non-hydrogen) atoms. The van der Waals surface area contributed by atoms with E-state index in [1.807, 2.05) is 10.7 Å². The average molecular weight is 181 g/mol. The van der Waals surface area contributed by atoms with E-state index in [0.29, 0.717) is 5.82 Å². The van der Waals surface area contributed by atoms with E-state index in [1.54, 1.807) is 11.8 Å². The minimum absolute atomic E-state index is 0.467. The van der Waals surface area contributed by atoms with Gasteiger partial charge in [0.1, 0.15) is 0 Å². The van der Waals surface area contributed by atoms with Crippen LogP contribution in [-0.4, -0.2) is 21.6 Å². The van der Waals surface area contributed by atoms with E-state index in [4.69, 9.17) is 0 Å². The summed E-state index contributed by atoms with van der Waals surface area (Å²) in [6.45, 7) is 0.927. The lowest BCUT2D eigenvalue weighted by atomic mass is 10.5. The van der Waals surface area contributed by atoms with Gasteiger partial charge in [0.05, 0.1) is 5.03 Å². The zero-order valence-corrected chi connectivity index (χ0v) is 7.17. The summed E-state index contributed by atoms with van der Waals surface area (Å²) in [5.41, 5.74) is 0. The van der Waals surface area contributed by atoms with Gasteiger partial charge in [-0.05, 0) is 6.42 Å². The van der Waals surface area contributed by atoms with Crippen LogP contribution in [0.1, 0.15) is 6.42 Å². The van der Waals surface area contributed by atoms with E-state index in [0.717, 1.165) is 23.7 Å². The van der Waals surface area contributed by atoms with Crippen molar-refractivity contribution in [3.8, 4) is 0 Å². The molecule has 0 aromatic carbocycles. The third-order valence-corrected chi connectivity index (χ3v) is 2.77. The zero-order chi connectivity index (χ0) is 8.39. The van der Waals surface area contributed by atoms with Crippen LogP contribution < -0.4 is 0 Å². The van der Waals surface area contributed by atoms with E-state index in [9.17, 15) is 4.79 Å². The Balaban J connectivity index is 2.37. The molecule has 2 rings (SSSR count). The van der Waals surface area contributed by atoms with Gasteiger partial charge in [-0.25, -0.2) is 4.79 Å². The van der Waals surface area contributed by atoms with Crippen LogP contribution in [0.3, 0.4) is 0 Å². The van der Waals surface area contributed by atoms with Crippen LogP contribution in [0.25, 0.3) is 0 Å². The van der Waals surface area contributed by atoms with E-state index < -0.39 is 0 Å². The molecule has 0 bridgehead atoms. The van der Waals surface area contributed by atoms with Crippen LogP contribution >= 0.6 is 11.8 Å². The fraction of sp³-hybridized carbons (Fsp3) is 0.429. The van der Waals surface area contributed by atoms with E-state index in [-0.39, 0.29) is 0 Å². The van der Waals surface area contributed by atoms with Crippen molar-refractivity contribution in [3.63, 3.8) is 0 Å². The first-order valence-electron chi connectivity index (χ1n) is 3.68. The van der Waals surface area contributed by atoms with Gasteiger partial charge >= 0.3 is 0 Å². The number of fused-ring (bicyclic) bond motifs is 1. The topological polar surface area (TPSA) is 47.2 Å². The van der Waals surface area contributed by atoms with Gasteiger partial charge in [0.25, 0.3) is 0 Å². The minimum atomic E-state index is 0.467. The predicted octanol–water partition coefficient (Wildman–Crippen LogP) is 1.35. The molecule has 1 aliphatic rings. The standard InChI is InChI=1S/C7H7N3OS/c11-5-8-6-4-7-10(9-6)2-1-3-12-7/h4H,1-3H2. The molecule has 0 saturated carbocycles. The van der Waals surface area contributed by atoms with Crippen molar-refractivity contribution in [3.05, 3.63) is 6.07 Å². The number of aryl methyl sites for hydroxylation is 1. The van der Waals surface area contributed by atoms with E-state index in [2.05, 4.69) is 10.1 Å². The number of isocyanates is 1. The average Bonchev–Trinajstić information content (AvgIpc) is 2.47. The molecular formula is C7H7N3OS. The van der Waals surface area contributed by atoms with Crippen molar-refractivity contribution in [1.82, 2.24) is 9.78 Å². The highest BCUT2D eigenvalue weighted by Gasteiger charge is 2.11. The van der Waals surface area contributed by atoms with Crippen LogP contribution in [0.2, 0.25) is 0 Å². The molecular weight excluding hydrogens is 174 g/mol. The third-order valence-electron chi connectivity index (χ3n) is 1.65. The fourth-order valence-electron chi connectivity index (χ4n) is 1.16. The summed E-state index contributed by atoms with van der Waals surface area (Å²) >= 11 is 1.75. The summed E-state index contributed by atoms with van der Waals surface area (Å²) in [4.78, 5) is 13.4. The first-order valence-corrected chi connectivity index (χ1v) is 4.67. The molecule has 0 atom stereocenters. The zero-order valence-electron chi connectivity index (χ0n) is 6.36. The molecule has 0 radical (unpaired) electrons.